The summed E-state index contributed by atoms with van der Waals surface area (Å²) in [5.41, 5.74) is 0.852. The van der Waals surface area contributed by atoms with Gasteiger partial charge in [-0.3, -0.25) is 9.30 Å². The second-order valence-electron chi connectivity index (χ2n) is 7.42. The van der Waals surface area contributed by atoms with E-state index in [1.807, 2.05) is 40.1 Å². The van der Waals surface area contributed by atoms with Crippen LogP contribution in [0.25, 0.3) is 5.65 Å². The number of likely N-dealkylation sites (tertiary alicyclic amines) is 1. The van der Waals surface area contributed by atoms with E-state index in [0.29, 0.717) is 12.5 Å². The summed E-state index contributed by atoms with van der Waals surface area (Å²) < 4.78 is 1.98. The van der Waals surface area contributed by atoms with Crippen molar-refractivity contribution in [2.75, 3.05) is 26.2 Å². The molecule has 0 saturated carbocycles. The van der Waals surface area contributed by atoms with Gasteiger partial charge in [-0.2, -0.15) is 0 Å². The number of nitrogens with one attached hydrogen (secondary N) is 2. The van der Waals surface area contributed by atoms with E-state index >= 15 is 0 Å². The number of aliphatic imine (C=N–C) groups is 1. The summed E-state index contributed by atoms with van der Waals surface area (Å²) in [6.45, 7) is 7.82. The molecule has 3 aromatic rings. The van der Waals surface area contributed by atoms with Crippen LogP contribution in [-0.2, 0) is 13.1 Å². The average Bonchev–Trinajstić information content (AvgIpc) is 3.41. The Labute approximate surface area is 199 Å². The molecule has 0 amide bonds. The maximum Gasteiger partial charge on any atom is 0.191 e. The summed E-state index contributed by atoms with van der Waals surface area (Å²) in [6.07, 6.45) is 4.43. The van der Waals surface area contributed by atoms with Crippen molar-refractivity contribution in [2.24, 2.45) is 10.9 Å². The first kappa shape index (κ1) is 23.0. The fraction of sp³-hybridized carbons (Fsp3) is 0.476. The zero-order chi connectivity index (χ0) is 19.9. The molecule has 1 aliphatic heterocycles. The molecule has 162 valence electrons. The number of halogens is 1. The average molecular weight is 539 g/mol. The second kappa shape index (κ2) is 11.6. The van der Waals surface area contributed by atoms with Crippen LogP contribution in [-0.4, -0.2) is 51.6 Å². The predicted molar refractivity (Wildman–Crippen MR) is 134 cm³/mol. The van der Waals surface area contributed by atoms with Gasteiger partial charge < -0.3 is 10.6 Å². The Morgan fingerprint density at radius 1 is 1.17 bits per heavy atom. The minimum Gasteiger partial charge on any atom is -0.357 e. The molecule has 3 aromatic heterocycles. The van der Waals surface area contributed by atoms with Crippen LogP contribution < -0.4 is 10.6 Å². The maximum atomic E-state index is 4.72. The van der Waals surface area contributed by atoms with Gasteiger partial charge in [0.25, 0.3) is 0 Å². The third-order valence-corrected chi connectivity index (χ3v) is 6.19. The molecular weight excluding hydrogens is 509 g/mol. The van der Waals surface area contributed by atoms with Gasteiger partial charge in [0.2, 0.25) is 0 Å². The highest BCUT2D eigenvalue weighted by Crippen LogP contribution is 2.20. The second-order valence-corrected chi connectivity index (χ2v) is 8.45. The molecule has 0 aliphatic carbocycles. The van der Waals surface area contributed by atoms with Crippen LogP contribution >= 0.6 is 35.3 Å². The van der Waals surface area contributed by atoms with Gasteiger partial charge in [-0.05, 0) is 62.4 Å². The van der Waals surface area contributed by atoms with Crippen molar-refractivity contribution in [3.05, 3.63) is 52.6 Å². The summed E-state index contributed by atoms with van der Waals surface area (Å²) >= 11 is 1.85. The Morgan fingerprint density at radius 3 is 2.80 bits per heavy atom. The topological polar surface area (TPSA) is 69.8 Å². The molecule has 1 fully saturated rings. The summed E-state index contributed by atoms with van der Waals surface area (Å²) in [7, 11) is 0. The number of rotatable bonds is 7. The van der Waals surface area contributed by atoms with Crippen LogP contribution in [0.3, 0.4) is 0 Å². The smallest absolute Gasteiger partial charge is 0.191 e. The molecule has 0 radical (unpaired) electrons. The number of hydrogen-bond acceptors (Lipinski definition) is 5. The Kier molecular flexibility index (Phi) is 8.88. The van der Waals surface area contributed by atoms with Gasteiger partial charge >= 0.3 is 0 Å². The molecule has 4 rings (SSSR count). The highest BCUT2D eigenvalue weighted by atomic mass is 127. The van der Waals surface area contributed by atoms with Crippen LogP contribution in [0.2, 0.25) is 0 Å². The van der Waals surface area contributed by atoms with Crippen LogP contribution in [0.15, 0.2) is 46.9 Å². The molecule has 30 heavy (non-hydrogen) atoms. The maximum absolute atomic E-state index is 4.72. The SMILES string of the molecule is CCNC(=NCc1nnc2ccccn12)NCC1CCN(Cc2cccs2)CC1.I. The van der Waals surface area contributed by atoms with Gasteiger partial charge in [-0.1, -0.05) is 12.1 Å². The first-order valence-electron chi connectivity index (χ1n) is 10.4. The summed E-state index contributed by atoms with van der Waals surface area (Å²) in [4.78, 5) is 8.75. The predicted octanol–water partition coefficient (Wildman–Crippen LogP) is 3.38. The van der Waals surface area contributed by atoms with E-state index in [2.05, 4.69) is 50.2 Å². The van der Waals surface area contributed by atoms with Crippen LogP contribution in [0, 0.1) is 5.92 Å². The zero-order valence-corrected chi connectivity index (χ0v) is 20.5. The highest BCUT2D eigenvalue weighted by molar-refractivity contribution is 14.0. The summed E-state index contributed by atoms with van der Waals surface area (Å²) in [5, 5.41) is 17.5. The van der Waals surface area contributed by atoms with Crippen molar-refractivity contribution < 1.29 is 0 Å². The fourth-order valence-corrected chi connectivity index (χ4v) is 4.45. The molecule has 1 aliphatic rings. The molecule has 0 aromatic carbocycles. The minimum atomic E-state index is 0. The third-order valence-electron chi connectivity index (χ3n) is 5.33. The summed E-state index contributed by atoms with van der Waals surface area (Å²) in [5.74, 6) is 2.38. The van der Waals surface area contributed by atoms with Crippen molar-refractivity contribution in [3.63, 3.8) is 0 Å². The molecule has 0 unspecified atom stereocenters. The Morgan fingerprint density at radius 2 is 2.03 bits per heavy atom. The normalized spacial score (nSPS) is 15.8. The lowest BCUT2D eigenvalue weighted by Crippen LogP contribution is -2.42. The highest BCUT2D eigenvalue weighted by Gasteiger charge is 2.19. The number of hydrogen-bond donors (Lipinski definition) is 2. The molecule has 1 saturated heterocycles. The molecule has 7 nitrogen and oxygen atoms in total. The zero-order valence-electron chi connectivity index (χ0n) is 17.3. The quantitative estimate of drug-likeness (QED) is 0.274. The minimum absolute atomic E-state index is 0. The molecule has 9 heteroatoms. The molecule has 2 N–H and O–H groups in total. The number of nitrogens with zero attached hydrogens (tertiary/aromatic N) is 5. The van der Waals surface area contributed by atoms with Crippen molar-refractivity contribution in [1.29, 1.82) is 0 Å². The number of aromatic nitrogens is 3. The molecule has 0 bridgehead atoms. The number of pyridine rings is 1. The lowest BCUT2D eigenvalue weighted by Gasteiger charge is -2.32. The lowest BCUT2D eigenvalue weighted by molar-refractivity contribution is 0.179. The monoisotopic (exact) mass is 539 g/mol. The first-order valence-corrected chi connectivity index (χ1v) is 11.3. The van der Waals surface area contributed by atoms with E-state index in [1.165, 1.54) is 30.8 Å². The first-order chi connectivity index (χ1) is 14.3. The van der Waals surface area contributed by atoms with E-state index in [9.17, 15) is 0 Å². The number of thiophene rings is 1. The van der Waals surface area contributed by atoms with Gasteiger partial charge in [-0.25, -0.2) is 4.99 Å². The largest absolute Gasteiger partial charge is 0.357 e. The van der Waals surface area contributed by atoms with Crippen molar-refractivity contribution in [1.82, 2.24) is 30.1 Å². The van der Waals surface area contributed by atoms with E-state index in [4.69, 9.17) is 4.99 Å². The van der Waals surface area contributed by atoms with Crippen LogP contribution in [0.4, 0.5) is 0 Å². The van der Waals surface area contributed by atoms with E-state index in [0.717, 1.165) is 37.1 Å². The molecular formula is C21H30IN7S. The van der Waals surface area contributed by atoms with Crippen molar-refractivity contribution in [2.45, 2.75) is 32.9 Å². The number of piperidine rings is 1. The van der Waals surface area contributed by atoms with Crippen molar-refractivity contribution in [3.8, 4) is 0 Å². The van der Waals surface area contributed by atoms with Gasteiger partial charge in [0, 0.05) is 30.7 Å². The van der Waals surface area contributed by atoms with Crippen LogP contribution in [0.5, 0.6) is 0 Å². The Balaban J connectivity index is 0.00000256. The van der Waals surface area contributed by atoms with Crippen molar-refractivity contribution >= 4 is 46.9 Å². The van der Waals surface area contributed by atoms with Gasteiger partial charge in [-0.15, -0.1) is 45.5 Å². The number of guanidine groups is 1. The standard InChI is InChI=1S/C21H29N7S.HI/c1-2-22-21(24-15-20-26-25-19-7-3-4-10-28(19)20)23-14-17-8-11-27(12-9-17)16-18-6-5-13-29-18;/h3-7,10,13,17H,2,8-9,11-12,14-16H2,1H3,(H2,22,23,24);1H. The Bertz CT molecular complexity index is 916. The van der Waals surface area contributed by atoms with E-state index < -0.39 is 0 Å². The van der Waals surface area contributed by atoms with E-state index in [1.54, 1.807) is 0 Å². The Hall–Kier alpha value is -1.72. The number of fused-ring (bicyclic) bond motifs is 1. The lowest BCUT2D eigenvalue weighted by atomic mass is 9.97. The van der Waals surface area contributed by atoms with E-state index in [-0.39, 0.29) is 24.0 Å². The fourth-order valence-electron chi connectivity index (χ4n) is 3.70. The molecule has 0 spiro atoms. The van der Waals surface area contributed by atoms with Crippen LogP contribution in [0.1, 0.15) is 30.5 Å². The van der Waals surface area contributed by atoms with Gasteiger partial charge in [0.1, 0.15) is 6.54 Å². The summed E-state index contributed by atoms with van der Waals surface area (Å²) in [6, 6.07) is 10.3. The van der Waals surface area contributed by atoms with Gasteiger partial charge in [0.15, 0.2) is 17.4 Å². The van der Waals surface area contributed by atoms with Gasteiger partial charge in [0.05, 0.1) is 0 Å². The molecule has 0 atom stereocenters. The third kappa shape index (κ3) is 6.14. The molecule has 4 heterocycles.